The maximum atomic E-state index is 14.0. The van der Waals surface area contributed by atoms with E-state index in [1.807, 2.05) is 43.3 Å². The lowest BCUT2D eigenvalue weighted by Gasteiger charge is -2.06. The number of thioether (sulfide) groups is 1. The summed E-state index contributed by atoms with van der Waals surface area (Å²) in [6.45, 7) is 2.02. The first-order valence-electron chi connectivity index (χ1n) is 7.81. The van der Waals surface area contributed by atoms with Crippen LogP contribution in [0.2, 0.25) is 0 Å². The summed E-state index contributed by atoms with van der Waals surface area (Å²) in [7, 11) is 0. The van der Waals surface area contributed by atoms with E-state index in [4.69, 9.17) is 5.26 Å². The molecule has 0 heterocycles. The van der Waals surface area contributed by atoms with Crippen molar-refractivity contribution in [3.05, 3.63) is 89.0 Å². The summed E-state index contributed by atoms with van der Waals surface area (Å²) in [6.07, 6.45) is 0. The van der Waals surface area contributed by atoms with Crippen molar-refractivity contribution < 1.29 is 8.78 Å². The molecule has 0 aromatic heterocycles. The van der Waals surface area contributed by atoms with Gasteiger partial charge in [-0.1, -0.05) is 41.7 Å². The molecular formula is C22H13F2NS. The standard InChI is InChI=1S/C22H13F2NS/c1-15-2-4-16(5-3-15)6-7-17-8-10-18(11-9-17)19-12-20(23)22(26-14-25)21(24)13-19/h2-5,8-13H,1H3. The Morgan fingerprint density at radius 2 is 1.27 bits per heavy atom. The fourth-order valence-corrected chi connectivity index (χ4v) is 2.80. The lowest BCUT2D eigenvalue weighted by atomic mass is 10.0. The van der Waals surface area contributed by atoms with Crippen molar-refractivity contribution in [2.45, 2.75) is 11.8 Å². The molecule has 3 aromatic carbocycles. The SMILES string of the molecule is Cc1ccc(C#Cc2ccc(-c3cc(F)c(SC#N)c(F)c3)cc2)cc1. The molecule has 0 bridgehead atoms. The normalized spacial score (nSPS) is 9.92. The Balaban J connectivity index is 1.84. The van der Waals surface area contributed by atoms with E-state index < -0.39 is 11.6 Å². The highest BCUT2D eigenvalue weighted by Gasteiger charge is 2.12. The topological polar surface area (TPSA) is 23.8 Å². The van der Waals surface area contributed by atoms with Crippen LogP contribution >= 0.6 is 11.8 Å². The van der Waals surface area contributed by atoms with E-state index in [9.17, 15) is 8.78 Å². The van der Waals surface area contributed by atoms with Crippen LogP contribution in [0.5, 0.6) is 0 Å². The van der Waals surface area contributed by atoms with Gasteiger partial charge in [0.25, 0.3) is 0 Å². The molecule has 0 radical (unpaired) electrons. The number of hydrogen-bond acceptors (Lipinski definition) is 2. The first kappa shape index (κ1) is 17.7. The molecule has 126 valence electrons. The van der Waals surface area contributed by atoms with Gasteiger partial charge in [-0.05, 0) is 66.2 Å². The lowest BCUT2D eigenvalue weighted by molar-refractivity contribution is 0.542. The van der Waals surface area contributed by atoms with Crippen molar-refractivity contribution in [1.82, 2.24) is 0 Å². The Kier molecular flexibility index (Phi) is 5.37. The van der Waals surface area contributed by atoms with Gasteiger partial charge in [0.1, 0.15) is 17.0 Å². The second-order valence-corrected chi connectivity index (χ2v) is 6.45. The van der Waals surface area contributed by atoms with Gasteiger partial charge in [-0.15, -0.1) is 0 Å². The molecule has 3 rings (SSSR count). The number of aryl methyl sites for hydroxylation is 1. The van der Waals surface area contributed by atoms with Crippen LogP contribution < -0.4 is 0 Å². The van der Waals surface area contributed by atoms with Crippen LogP contribution in [0.1, 0.15) is 16.7 Å². The Hall–Kier alpha value is -3.08. The van der Waals surface area contributed by atoms with Gasteiger partial charge >= 0.3 is 0 Å². The van der Waals surface area contributed by atoms with Gasteiger partial charge in [0, 0.05) is 11.1 Å². The molecule has 0 atom stereocenters. The summed E-state index contributed by atoms with van der Waals surface area (Å²) < 4.78 is 27.9. The third kappa shape index (κ3) is 4.11. The van der Waals surface area contributed by atoms with Gasteiger partial charge in [0.15, 0.2) is 0 Å². The van der Waals surface area contributed by atoms with E-state index >= 15 is 0 Å². The van der Waals surface area contributed by atoms with E-state index in [2.05, 4.69) is 11.8 Å². The molecule has 0 spiro atoms. The molecule has 0 amide bonds. The summed E-state index contributed by atoms with van der Waals surface area (Å²) in [5.41, 5.74) is 4.01. The van der Waals surface area contributed by atoms with Crippen LogP contribution in [0.3, 0.4) is 0 Å². The number of thiocyanates is 1. The summed E-state index contributed by atoms with van der Waals surface area (Å²) in [5.74, 6) is 4.67. The van der Waals surface area contributed by atoms with Gasteiger partial charge in [-0.25, -0.2) is 8.78 Å². The highest BCUT2D eigenvalue weighted by molar-refractivity contribution is 8.03. The molecule has 0 aliphatic carbocycles. The number of nitriles is 1. The van der Waals surface area contributed by atoms with E-state index in [1.54, 1.807) is 17.5 Å². The lowest BCUT2D eigenvalue weighted by Crippen LogP contribution is -1.89. The van der Waals surface area contributed by atoms with E-state index in [0.29, 0.717) is 22.9 Å². The van der Waals surface area contributed by atoms with Crippen molar-refractivity contribution in [3.63, 3.8) is 0 Å². The fourth-order valence-electron chi connectivity index (χ4n) is 2.40. The highest BCUT2D eigenvalue weighted by atomic mass is 32.2. The van der Waals surface area contributed by atoms with Crippen LogP contribution in [0.4, 0.5) is 8.78 Å². The Morgan fingerprint density at radius 1 is 0.769 bits per heavy atom. The zero-order chi connectivity index (χ0) is 18.5. The molecule has 0 aliphatic rings. The van der Waals surface area contributed by atoms with Crippen LogP contribution in [-0.2, 0) is 0 Å². The van der Waals surface area contributed by atoms with Crippen LogP contribution in [0.15, 0.2) is 65.6 Å². The van der Waals surface area contributed by atoms with Crippen molar-refractivity contribution in [2.75, 3.05) is 0 Å². The third-order valence-electron chi connectivity index (χ3n) is 3.77. The van der Waals surface area contributed by atoms with Crippen molar-refractivity contribution in [1.29, 1.82) is 5.26 Å². The molecule has 3 aromatic rings. The number of nitrogens with zero attached hydrogens (tertiary/aromatic N) is 1. The van der Waals surface area contributed by atoms with E-state index in [0.717, 1.165) is 11.1 Å². The van der Waals surface area contributed by atoms with Gasteiger partial charge in [-0.3, -0.25) is 0 Å². The molecule has 0 saturated carbocycles. The molecule has 0 fully saturated rings. The average molecular weight is 361 g/mol. The predicted octanol–water partition coefficient (Wildman–Crippen LogP) is 5.91. The van der Waals surface area contributed by atoms with Crippen LogP contribution in [0.25, 0.3) is 11.1 Å². The Morgan fingerprint density at radius 3 is 1.77 bits per heavy atom. The number of hydrogen-bond donors (Lipinski definition) is 0. The molecular weight excluding hydrogens is 348 g/mol. The van der Waals surface area contributed by atoms with Gasteiger partial charge in [0.05, 0.1) is 4.90 Å². The summed E-state index contributed by atoms with van der Waals surface area (Å²) in [4.78, 5) is -0.281. The molecule has 0 N–H and O–H groups in total. The minimum Gasteiger partial charge on any atom is -0.206 e. The quantitative estimate of drug-likeness (QED) is 0.322. The smallest absolute Gasteiger partial charge is 0.141 e. The van der Waals surface area contributed by atoms with E-state index in [-0.39, 0.29) is 4.90 Å². The molecule has 26 heavy (non-hydrogen) atoms. The minimum atomic E-state index is -0.741. The minimum absolute atomic E-state index is 0.281. The second kappa shape index (κ2) is 7.87. The number of benzene rings is 3. The first-order chi connectivity index (χ1) is 12.6. The zero-order valence-corrected chi connectivity index (χ0v) is 14.7. The predicted molar refractivity (Wildman–Crippen MR) is 100 cm³/mol. The highest BCUT2D eigenvalue weighted by Crippen LogP contribution is 2.30. The van der Waals surface area contributed by atoms with Gasteiger partial charge in [0.2, 0.25) is 0 Å². The summed E-state index contributed by atoms with van der Waals surface area (Å²) in [5, 5.41) is 10.3. The summed E-state index contributed by atoms with van der Waals surface area (Å²) in [6, 6.07) is 17.6. The molecule has 4 heteroatoms. The second-order valence-electron chi connectivity index (χ2n) is 5.66. The Bertz CT molecular complexity index is 1010. The third-order valence-corrected chi connectivity index (χ3v) is 4.45. The van der Waals surface area contributed by atoms with Gasteiger partial charge in [-0.2, -0.15) is 5.26 Å². The average Bonchev–Trinajstić information content (AvgIpc) is 2.64. The maximum absolute atomic E-state index is 14.0. The zero-order valence-electron chi connectivity index (χ0n) is 13.9. The molecule has 0 aliphatic heterocycles. The van der Waals surface area contributed by atoms with Crippen molar-refractivity contribution in [3.8, 4) is 28.4 Å². The first-order valence-corrected chi connectivity index (χ1v) is 8.62. The molecule has 0 unspecified atom stereocenters. The maximum Gasteiger partial charge on any atom is 0.141 e. The molecule has 0 saturated heterocycles. The van der Waals surface area contributed by atoms with Gasteiger partial charge < -0.3 is 0 Å². The fraction of sp³-hybridized carbons (Fsp3) is 0.0455. The summed E-state index contributed by atoms with van der Waals surface area (Å²) >= 11 is 0.477. The molecule has 1 nitrogen and oxygen atoms in total. The van der Waals surface area contributed by atoms with Crippen LogP contribution in [-0.4, -0.2) is 0 Å². The Labute approximate surface area is 155 Å². The van der Waals surface area contributed by atoms with Crippen molar-refractivity contribution >= 4 is 11.8 Å². The van der Waals surface area contributed by atoms with Crippen molar-refractivity contribution in [2.24, 2.45) is 0 Å². The largest absolute Gasteiger partial charge is 0.206 e. The monoisotopic (exact) mass is 361 g/mol. The number of halogens is 2. The van der Waals surface area contributed by atoms with E-state index in [1.165, 1.54) is 17.7 Å². The van der Waals surface area contributed by atoms with Crippen LogP contribution in [0, 0.1) is 41.1 Å². The number of rotatable bonds is 2.